The number of ether oxygens (including phenoxy) is 1. The third-order valence-electron chi connectivity index (χ3n) is 1.93. The van der Waals surface area contributed by atoms with Crippen molar-refractivity contribution in [1.82, 2.24) is 4.98 Å². The van der Waals surface area contributed by atoms with Crippen LogP contribution in [0.15, 0.2) is 55.3 Å². The zero-order valence-corrected chi connectivity index (χ0v) is 11.6. The lowest BCUT2D eigenvalue weighted by atomic mass is 10.3. The van der Waals surface area contributed by atoms with Crippen molar-refractivity contribution in [1.29, 1.82) is 0 Å². The van der Waals surface area contributed by atoms with Gasteiger partial charge in [0.05, 0.1) is 7.11 Å². The van der Waals surface area contributed by atoms with Gasteiger partial charge < -0.3 is 10.1 Å². The van der Waals surface area contributed by atoms with Crippen LogP contribution in [-0.4, -0.2) is 24.5 Å². The fourth-order valence-electron chi connectivity index (χ4n) is 1.06. The summed E-state index contributed by atoms with van der Waals surface area (Å²) in [6.07, 6.45) is 11.4. The number of rotatable bonds is 5. The standard InChI is InChI=1S/C8H8N2O3.C7H10/c1-13-8(12)7-4-6(10-5-11)2-3-9-7;1-3-5-7-6-4-2/h2-5H,1H3,(H,9,10,11);3-7H,1H2,2H3/b;6-4-,7-5-. The smallest absolute Gasteiger partial charge is 0.356 e. The average molecular weight is 274 g/mol. The monoisotopic (exact) mass is 274 g/mol. The van der Waals surface area contributed by atoms with E-state index in [2.05, 4.69) is 21.6 Å². The lowest BCUT2D eigenvalue weighted by molar-refractivity contribution is -0.105. The second-order valence-corrected chi connectivity index (χ2v) is 3.33. The van der Waals surface area contributed by atoms with Gasteiger partial charge in [-0.3, -0.25) is 4.79 Å². The van der Waals surface area contributed by atoms with Gasteiger partial charge in [-0.25, -0.2) is 9.78 Å². The topological polar surface area (TPSA) is 68.3 Å². The van der Waals surface area contributed by atoms with Crippen LogP contribution in [0, 0.1) is 0 Å². The van der Waals surface area contributed by atoms with Crippen molar-refractivity contribution in [3.05, 3.63) is 61.0 Å². The first kappa shape index (κ1) is 17.3. The molecule has 1 amide bonds. The molecule has 1 N–H and O–H groups in total. The zero-order valence-electron chi connectivity index (χ0n) is 11.6. The van der Waals surface area contributed by atoms with Crippen LogP contribution in [-0.2, 0) is 9.53 Å². The molecule has 0 spiro atoms. The first-order valence-electron chi connectivity index (χ1n) is 5.84. The lowest BCUT2D eigenvalue weighted by Crippen LogP contribution is -2.05. The summed E-state index contributed by atoms with van der Waals surface area (Å²) in [5, 5.41) is 2.40. The molecule has 0 aliphatic carbocycles. The molecule has 1 heterocycles. The number of amides is 1. The highest BCUT2D eigenvalue weighted by Gasteiger charge is 2.06. The second kappa shape index (κ2) is 11.4. The van der Waals surface area contributed by atoms with Gasteiger partial charge in [-0.1, -0.05) is 37.0 Å². The van der Waals surface area contributed by atoms with Gasteiger partial charge in [0.25, 0.3) is 0 Å². The molecule has 0 saturated heterocycles. The van der Waals surface area contributed by atoms with Crippen LogP contribution in [0.3, 0.4) is 0 Å². The molecule has 0 fully saturated rings. The second-order valence-electron chi connectivity index (χ2n) is 3.33. The van der Waals surface area contributed by atoms with Crippen LogP contribution >= 0.6 is 0 Å². The van der Waals surface area contributed by atoms with Crippen LogP contribution < -0.4 is 5.32 Å². The van der Waals surface area contributed by atoms with Gasteiger partial charge >= 0.3 is 5.97 Å². The summed E-state index contributed by atoms with van der Waals surface area (Å²) in [6.45, 7) is 5.49. The van der Waals surface area contributed by atoms with E-state index in [1.807, 2.05) is 31.2 Å². The molecule has 5 heteroatoms. The third kappa shape index (κ3) is 7.60. The number of hydrogen-bond acceptors (Lipinski definition) is 4. The molecule has 20 heavy (non-hydrogen) atoms. The molecule has 0 radical (unpaired) electrons. The molecule has 0 aromatic carbocycles. The van der Waals surface area contributed by atoms with Crippen molar-refractivity contribution in [2.45, 2.75) is 6.92 Å². The summed E-state index contributed by atoms with van der Waals surface area (Å²) in [6, 6.07) is 3.00. The van der Waals surface area contributed by atoms with E-state index >= 15 is 0 Å². The Balaban J connectivity index is 0.000000441. The van der Waals surface area contributed by atoms with E-state index in [4.69, 9.17) is 0 Å². The summed E-state index contributed by atoms with van der Waals surface area (Å²) < 4.78 is 4.45. The van der Waals surface area contributed by atoms with E-state index in [1.165, 1.54) is 19.4 Å². The molecule has 0 bridgehead atoms. The third-order valence-corrected chi connectivity index (χ3v) is 1.93. The summed E-state index contributed by atoms with van der Waals surface area (Å²) in [5.74, 6) is -0.533. The minimum Gasteiger partial charge on any atom is -0.464 e. The number of carbonyl (C=O) groups is 2. The summed E-state index contributed by atoms with van der Waals surface area (Å²) in [7, 11) is 1.27. The molecule has 0 aliphatic heterocycles. The Hall–Kier alpha value is -2.69. The number of nitrogens with zero attached hydrogens (tertiary/aromatic N) is 1. The van der Waals surface area contributed by atoms with Crippen molar-refractivity contribution < 1.29 is 14.3 Å². The highest BCUT2D eigenvalue weighted by atomic mass is 16.5. The fraction of sp³-hybridized carbons (Fsp3) is 0.133. The maximum absolute atomic E-state index is 11.0. The molecule has 1 rings (SSSR count). The van der Waals surface area contributed by atoms with E-state index in [9.17, 15) is 9.59 Å². The summed E-state index contributed by atoms with van der Waals surface area (Å²) >= 11 is 0. The average Bonchev–Trinajstić information content (AvgIpc) is 2.48. The first-order valence-corrected chi connectivity index (χ1v) is 5.84. The van der Waals surface area contributed by atoms with Gasteiger partial charge in [0.15, 0.2) is 0 Å². The molecule has 5 nitrogen and oxygen atoms in total. The van der Waals surface area contributed by atoms with Gasteiger partial charge in [-0.2, -0.15) is 0 Å². The number of allylic oxidation sites excluding steroid dienone is 5. The Bertz CT molecular complexity index is 494. The van der Waals surface area contributed by atoms with Crippen molar-refractivity contribution in [2.75, 3.05) is 12.4 Å². The maximum Gasteiger partial charge on any atom is 0.356 e. The van der Waals surface area contributed by atoms with Crippen LogP contribution in [0.25, 0.3) is 0 Å². The van der Waals surface area contributed by atoms with E-state index in [1.54, 1.807) is 12.1 Å². The minimum atomic E-state index is -0.533. The van der Waals surface area contributed by atoms with E-state index in [-0.39, 0.29) is 5.69 Å². The number of hydrogen-bond donors (Lipinski definition) is 1. The van der Waals surface area contributed by atoms with Crippen molar-refractivity contribution in [3.8, 4) is 0 Å². The van der Waals surface area contributed by atoms with Crippen LogP contribution in [0.4, 0.5) is 5.69 Å². The van der Waals surface area contributed by atoms with Gasteiger partial charge in [0, 0.05) is 11.9 Å². The van der Waals surface area contributed by atoms with Gasteiger partial charge in [0.2, 0.25) is 6.41 Å². The Morgan fingerprint density at radius 3 is 2.70 bits per heavy atom. The zero-order chi connectivity index (χ0) is 15.2. The number of esters is 1. The normalized spacial score (nSPS) is 9.70. The molecule has 106 valence electrons. The summed E-state index contributed by atoms with van der Waals surface area (Å²) in [4.78, 5) is 24.8. The molecule has 0 aliphatic rings. The number of aromatic nitrogens is 1. The predicted molar refractivity (Wildman–Crippen MR) is 79.4 cm³/mol. The number of anilines is 1. The molecule has 0 unspecified atom stereocenters. The Morgan fingerprint density at radius 1 is 1.40 bits per heavy atom. The maximum atomic E-state index is 11.0. The number of methoxy groups -OCH3 is 1. The van der Waals surface area contributed by atoms with Crippen LogP contribution in [0.5, 0.6) is 0 Å². The minimum absolute atomic E-state index is 0.161. The molecular formula is C15H18N2O3. The predicted octanol–water partition coefficient (Wildman–Crippen LogP) is 2.74. The SMILES string of the molecule is C=C/C=C\C=C/C.COC(=O)c1cc(NC=O)ccn1. The lowest BCUT2D eigenvalue weighted by Gasteiger charge is -2.00. The molecule has 0 saturated carbocycles. The van der Waals surface area contributed by atoms with E-state index in [0.717, 1.165) is 0 Å². The van der Waals surface area contributed by atoms with Crippen LogP contribution in [0.2, 0.25) is 0 Å². The Labute approximate surface area is 118 Å². The Kier molecular flexibility index (Phi) is 9.87. The molecule has 1 aromatic heterocycles. The van der Waals surface area contributed by atoms with E-state index in [0.29, 0.717) is 12.1 Å². The number of nitrogens with one attached hydrogen (secondary N) is 1. The first-order chi connectivity index (χ1) is 9.69. The van der Waals surface area contributed by atoms with Gasteiger partial charge in [-0.05, 0) is 19.1 Å². The highest BCUT2D eigenvalue weighted by molar-refractivity contribution is 5.88. The van der Waals surface area contributed by atoms with Gasteiger partial charge in [-0.15, -0.1) is 0 Å². The molecular weight excluding hydrogens is 256 g/mol. The highest BCUT2D eigenvalue weighted by Crippen LogP contribution is 2.07. The van der Waals surface area contributed by atoms with Gasteiger partial charge in [0.1, 0.15) is 5.69 Å². The van der Waals surface area contributed by atoms with Crippen molar-refractivity contribution in [2.24, 2.45) is 0 Å². The Morgan fingerprint density at radius 2 is 2.15 bits per heavy atom. The molecule has 0 atom stereocenters. The fourth-order valence-corrected chi connectivity index (χ4v) is 1.06. The summed E-state index contributed by atoms with van der Waals surface area (Å²) in [5.41, 5.74) is 0.666. The van der Waals surface area contributed by atoms with Crippen molar-refractivity contribution in [3.63, 3.8) is 0 Å². The molecule has 1 aromatic rings. The van der Waals surface area contributed by atoms with E-state index < -0.39 is 5.97 Å². The quantitative estimate of drug-likeness (QED) is 0.509. The number of carbonyl (C=O) groups excluding carboxylic acids is 2. The van der Waals surface area contributed by atoms with Crippen molar-refractivity contribution >= 4 is 18.1 Å². The number of pyridine rings is 1. The largest absolute Gasteiger partial charge is 0.464 e. The van der Waals surface area contributed by atoms with Crippen LogP contribution in [0.1, 0.15) is 17.4 Å².